The molecule has 0 aliphatic heterocycles. The second-order valence-corrected chi connectivity index (χ2v) is 8.95. The molecular weight excluding hydrogens is 418 g/mol. The predicted octanol–water partition coefficient (Wildman–Crippen LogP) is 5.72. The minimum Gasteiger partial charge on any atom is -0.456 e. The smallest absolute Gasteiger partial charge is 0.338 e. The molecular formula is C26H31N3O4. The molecule has 7 heteroatoms. The van der Waals surface area contributed by atoms with Crippen LogP contribution >= 0.6 is 0 Å². The largest absolute Gasteiger partial charge is 0.456 e. The fraction of sp³-hybridized carbons (Fsp3) is 0.346. The number of amides is 1. The normalized spacial score (nSPS) is 11.3. The van der Waals surface area contributed by atoms with Gasteiger partial charge < -0.3 is 15.4 Å². The highest BCUT2D eigenvalue weighted by Crippen LogP contribution is 2.28. The molecule has 3 aromatic rings. The summed E-state index contributed by atoms with van der Waals surface area (Å²) in [6, 6.07) is 12.3. The van der Waals surface area contributed by atoms with Gasteiger partial charge in [-0.3, -0.25) is 14.2 Å². The number of aromatic nitrogens is 1. The van der Waals surface area contributed by atoms with Gasteiger partial charge in [-0.25, -0.2) is 4.79 Å². The lowest BCUT2D eigenvalue weighted by Crippen LogP contribution is -2.24. The third-order valence-corrected chi connectivity index (χ3v) is 5.04. The van der Waals surface area contributed by atoms with E-state index < -0.39 is 11.6 Å². The van der Waals surface area contributed by atoms with E-state index in [-0.39, 0.29) is 11.8 Å². The number of rotatable bonds is 7. The van der Waals surface area contributed by atoms with Gasteiger partial charge in [-0.2, -0.15) is 0 Å². The van der Waals surface area contributed by atoms with Crippen molar-refractivity contribution in [3.05, 3.63) is 59.8 Å². The van der Waals surface area contributed by atoms with Crippen LogP contribution in [-0.2, 0) is 4.74 Å². The Kier molecular flexibility index (Phi) is 7.21. The lowest BCUT2D eigenvalue weighted by Gasteiger charge is -2.20. The number of carbonyl (C=O) groups excluding carboxylic acids is 3. The van der Waals surface area contributed by atoms with Gasteiger partial charge in [-0.05, 0) is 51.5 Å². The minimum absolute atomic E-state index is 0.181. The van der Waals surface area contributed by atoms with Crippen molar-refractivity contribution in [3.8, 4) is 0 Å². The van der Waals surface area contributed by atoms with E-state index in [1.807, 2.05) is 12.1 Å². The minimum atomic E-state index is -0.632. The zero-order valence-electron chi connectivity index (χ0n) is 19.8. The van der Waals surface area contributed by atoms with Crippen LogP contribution in [0.2, 0.25) is 0 Å². The number of esters is 1. The second kappa shape index (κ2) is 9.90. The van der Waals surface area contributed by atoms with Crippen LogP contribution in [0.5, 0.6) is 0 Å². The van der Waals surface area contributed by atoms with Crippen molar-refractivity contribution in [2.75, 3.05) is 17.2 Å². The summed E-state index contributed by atoms with van der Waals surface area (Å²) >= 11 is 0. The molecule has 1 aromatic heterocycles. The van der Waals surface area contributed by atoms with Gasteiger partial charge in [-0.15, -0.1) is 0 Å². The van der Waals surface area contributed by atoms with Crippen molar-refractivity contribution >= 4 is 40.1 Å². The van der Waals surface area contributed by atoms with Crippen LogP contribution < -0.4 is 10.6 Å². The number of hydrogen-bond donors (Lipinski definition) is 2. The maximum Gasteiger partial charge on any atom is 0.338 e. The molecule has 0 fully saturated rings. The number of benzene rings is 2. The molecule has 0 aliphatic carbocycles. The Morgan fingerprint density at radius 1 is 1.03 bits per heavy atom. The third kappa shape index (κ3) is 5.80. The van der Waals surface area contributed by atoms with Crippen LogP contribution in [0.15, 0.2) is 48.7 Å². The molecule has 0 aliphatic rings. The molecule has 7 nitrogen and oxygen atoms in total. The number of nitrogens with zero attached hydrogens (tertiary/aromatic N) is 1. The van der Waals surface area contributed by atoms with Gasteiger partial charge in [0.1, 0.15) is 5.60 Å². The van der Waals surface area contributed by atoms with Crippen LogP contribution in [0.3, 0.4) is 0 Å². The van der Waals surface area contributed by atoms with E-state index in [4.69, 9.17) is 4.74 Å². The van der Waals surface area contributed by atoms with Crippen molar-refractivity contribution in [1.82, 2.24) is 4.57 Å². The summed E-state index contributed by atoms with van der Waals surface area (Å²) < 4.78 is 6.94. The van der Waals surface area contributed by atoms with E-state index in [2.05, 4.69) is 17.6 Å². The van der Waals surface area contributed by atoms with E-state index in [1.165, 1.54) is 11.5 Å². The molecule has 0 unspecified atom stereocenters. The number of unbranched alkanes of at least 4 members (excludes halogenated alkanes) is 1. The summed E-state index contributed by atoms with van der Waals surface area (Å²) in [5.41, 5.74) is 1.93. The molecule has 174 valence electrons. The summed E-state index contributed by atoms with van der Waals surface area (Å²) in [5, 5.41) is 6.92. The summed E-state index contributed by atoms with van der Waals surface area (Å²) in [4.78, 5) is 37.9. The van der Waals surface area contributed by atoms with Gasteiger partial charge >= 0.3 is 5.97 Å². The zero-order chi connectivity index (χ0) is 24.2. The fourth-order valence-electron chi connectivity index (χ4n) is 3.48. The Morgan fingerprint density at radius 3 is 2.42 bits per heavy atom. The maximum absolute atomic E-state index is 13.3. The van der Waals surface area contributed by atoms with Crippen molar-refractivity contribution in [2.24, 2.45) is 0 Å². The number of anilines is 2. The predicted molar refractivity (Wildman–Crippen MR) is 131 cm³/mol. The van der Waals surface area contributed by atoms with Gasteiger partial charge in [0.15, 0.2) is 0 Å². The van der Waals surface area contributed by atoms with Crippen LogP contribution in [0.4, 0.5) is 11.4 Å². The van der Waals surface area contributed by atoms with E-state index in [9.17, 15) is 14.4 Å². The molecule has 0 bridgehead atoms. The number of carbonyl (C=O) groups is 3. The highest BCUT2D eigenvalue weighted by Gasteiger charge is 2.21. The lowest BCUT2D eigenvalue weighted by atomic mass is 10.1. The Balaban J connectivity index is 1.97. The lowest BCUT2D eigenvalue weighted by molar-refractivity contribution is 0.00693. The highest BCUT2D eigenvalue weighted by atomic mass is 16.6. The van der Waals surface area contributed by atoms with Crippen molar-refractivity contribution in [3.63, 3.8) is 0 Å². The number of nitrogens with one attached hydrogen (secondary N) is 2. The summed E-state index contributed by atoms with van der Waals surface area (Å²) in [7, 11) is 0. The standard InChI is InChI=1S/C26H31N3O4/c1-6-7-14-27-21-13-12-18(25(32)33-26(3,4)5)15-22(21)28-24(31)20-16-29(17(2)30)23-11-9-8-10-19(20)23/h8-13,15-16,27H,6-7,14H2,1-5H3,(H,28,31). The first-order valence-electron chi connectivity index (χ1n) is 11.1. The first-order valence-corrected chi connectivity index (χ1v) is 11.1. The molecule has 0 saturated heterocycles. The highest BCUT2D eigenvalue weighted by molar-refractivity contribution is 6.15. The quantitative estimate of drug-likeness (QED) is 0.356. The van der Waals surface area contributed by atoms with E-state index in [1.54, 1.807) is 57.3 Å². The molecule has 1 heterocycles. The van der Waals surface area contributed by atoms with Crippen LogP contribution in [0.25, 0.3) is 10.9 Å². The Labute approximate surface area is 194 Å². The molecule has 3 rings (SSSR count). The Hall–Kier alpha value is -3.61. The summed E-state index contributed by atoms with van der Waals surface area (Å²) in [5.74, 6) is -1.02. The average Bonchev–Trinajstić information content (AvgIpc) is 3.14. The average molecular weight is 450 g/mol. The molecule has 2 aromatic carbocycles. The molecule has 33 heavy (non-hydrogen) atoms. The van der Waals surface area contributed by atoms with Crippen molar-refractivity contribution in [2.45, 2.75) is 53.1 Å². The van der Waals surface area contributed by atoms with Crippen LogP contribution in [0.1, 0.15) is 73.0 Å². The second-order valence-electron chi connectivity index (χ2n) is 8.95. The van der Waals surface area contributed by atoms with Gasteiger partial charge in [0.05, 0.1) is 28.0 Å². The van der Waals surface area contributed by atoms with Crippen molar-refractivity contribution in [1.29, 1.82) is 0 Å². The van der Waals surface area contributed by atoms with E-state index in [0.717, 1.165) is 19.4 Å². The van der Waals surface area contributed by atoms with Gasteiger partial charge in [0, 0.05) is 25.1 Å². The van der Waals surface area contributed by atoms with Gasteiger partial charge in [0.25, 0.3) is 5.91 Å². The van der Waals surface area contributed by atoms with Crippen LogP contribution in [-0.4, -0.2) is 34.5 Å². The first kappa shape index (κ1) is 24.0. The van der Waals surface area contributed by atoms with Gasteiger partial charge in [-0.1, -0.05) is 31.5 Å². The van der Waals surface area contributed by atoms with E-state index in [0.29, 0.717) is 33.4 Å². The zero-order valence-corrected chi connectivity index (χ0v) is 19.8. The van der Waals surface area contributed by atoms with Crippen molar-refractivity contribution < 1.29 is 19.1 Å². The monoisotopic (exact) mass is 449 g/mol. The summed E-state index contributed by atoms with van der Waals surface area (Å²) in [6.45, 7) is 9.70. The molecule has 1 amide bonds. The Bertz CT molecular complexity index is 1190. The van der Waals surface area contributed by atoms with Crippen LogP contribution in [0, 0.1) is 0 Å². The fourth-order valence-corrected chi connectivity index (χ4v) is 3.48. The number of fused-ring (bicyclic) bond motifs is 1. The van der Waals surface area contributed by atoms with E-state index >= 15 is 0 Å². The molecule has 0 radical (unpaired) electrons. The molecule has 2 N–H and O–H groups in total. The summed E-state index contributed by atoms with van der Waals surface area (Å²) in [6.07, 6.45) is 3.53. The third-order valence-electron chi connectivity index (χ3n) is 5.04. The molecule has 0 atom stereocenters. The van der Waals surface area contributed by atoms with Gasteiger partial charge in [0.2, 0.25) is 5.91 Å². The SMILES string of the molecule is CCCCNc1ccc(C(=O)OC(C)(C)C)cc1NC(=O)c1cn(C(C)=O)c2ccccc12. The maximum atomic E-state index is 13.3. The molecule has 0 saturated carbocycles. The number of ether oxygens (including phenoxy) is 1. The topological polar surface area (TPSA) is 89.4 Å². The molecule has 0 spiro atoms. The Morgan fingerprint density at radius 2 is 1.76 bits per heavy atom. The number of para-hydroxylation sites is 1. The number of hydrogen-bond acceptors (Lipinski definition) is 5. The first-order chi connectivity index (χ1) is 15.6.